The van der Waals surface area contributed by atoms with Crippen molar-refractivity contribution in [1.82, 2.24) is 10.1 Å². The lowest BCUT2D eigenvalue weighted by Gasteiger charge is -2.29. The maximum atomic E-state index is 13.1. The SMILES string of the molecule is O=C(CN(CC1CCCCC1)C(=O)c1ccc([N+](=O)[O-])cc1Cl)Nc1ccon1. The maximum absolute atomic E-state index is 13.1. The number of aromatic nitrogens is 1. The van der Waals surface area contributed by atoms with Crippen molar-refractivity contribution in [1.29, 1.82) is 0 Å². The molecule has 1 aromatic heterocycles. The zero-order valence-corrected chi connectivity index (χ0v) is 16.4. The second-order valence-electron chi connectivity index (χ2n) is 7.04. The molecule has 1 aliphatic rings. The zero-order valence-electron chi connectivity index (χ0n) is 15.7. The normalized spacial score (nSPS) is 14.4. The molecule has 0 spiro atoms. The molecule has 1 aromatic carbocycles. The number of amides is 2. The highest BCUT2D eigenvalue weighted by molar-refractivity contribution is 6.34. The van der Waals surface area contributed by atoms with Gasteiger partial charge in [-0.25, -0.2) is 0 Å². The Hall–Kier alpha value is -2.94. The van der Waals surface area contributed by atoms with Crippen molar-refractivity contribution in [2.45, 2.75) is 32.1 Å². The van der Waals surface area contributed by atoms with E-state index in [1.54, 1.807) is 0 Å². The van der Waals surface area contributed by atoms with Crippen LogP contribution in [0.3, 0.4) is 0 Å². The van der Waals surface area contributed by atoms with Gasteiger partial charge in [0.25, 0.3) is 11.6 Å². The number of anilines is 1. The highest BCUT2D eigenvalue weighted by Crippen LogP contribution is 2.27. The number of carbonyl (C=O) groups is 2. The number of halogens is 1. The number of rotatable bonds is 7. The predicted molar refractivity (Wildman–Crippen MR) is 106 cm³/mol. The number of hydrogen-bond acceptors (Lipinski definition) is 6. The van der Waals surface area contributed by atoms with Crippen LogP contribution in [0.15, 0.2) is 35.1 Å². The van der Waals surface area contributed by atoms with E-state index >= 15 is 0 Å². The summed E-state index contributed by atoms with van der Waals surface area (Å²) in [6.07, 6.45) is 6.67. The van der Waals surface area contributed by atoms with Crippen LogP contribution in [-0.4, -0.2) is 39.9 Å². The lowest BCUT2D eigenvalue weighted by Crippen LogP contribution is -2.41. The number of nitro benzene ring substituents is 1. The van der Waals surface area contributed by atoms with Gasteiger partial charge in [0, 0.05) is 24.7 Å². The second kappa shape index (κ2) is 9.51. The van der Waals surface area contributed by atoms with Crippen molar-refractivity contribution >= 4 is 34.9 Å². The third-order valence-corrected chi connectivity index (χ3v) is 5.24. The Kier molecular flexibility index (Phi) is 6.82. The van der Waals surface area contributed by atoms with Gasteiger partial charge in [0.2, 0.25) is 5.91 Å². The van der Waals surface area contributed by atoms with Gasteiger partial charge in [0.15, 0.2) is 5.82 Å². The number of nitro groups is 1. The van der Waals surface area contributed by atoms with Crippen molar-refractivity contribution in [2.24, 2.45) is 5.92 Å². The molecule has 3 rings (SSSR count). The smallest absolute Gasteiger partial charge is 0.270 e. The monoisotopic (exact) mass is 420 g/mol. The average molecular weight is 421 g/mol. The van der Waals surface area contributed by atoms with Crippen molar-refractivity contribution in [3.05, 3.63) is 51.2 Å². The van der Waals surface area contributed by atoms with Gasteiger partial charge in [-0.15, -0.1) is 0 Å². The molecule has 0 aliphatic heterocycles. The minimum atomic E-state index is -0.578. The summed E-state index contributed by atoms with van der Waals surface area (Å²) in [5.74, 6) is -0.301. The first-order chi connectivity index (χ1) is 13.9. The van der Waals surface area contributed by atoms with E-state index in [1.165, 1.54) is 35.8 Å². The van der Waals surface area contributed by atoms with Gasteiger partial charge in [-0.1, -0.05) is 36.0 Å². The molecule has 1 heterocycles. The molecule has 0 radical (unpaired) electrons. The van der Waals surface area contributed by atoms with E-state index in [-0.39, 0.29) is 28.6 Å². The molecule has 1 fully saturated rings. The number of hydrogen-bond donors (Lipinski definition) is 1. The lowest BCUT2D eigenvalue weighted by molar-refractivity contribution is -0.384. The standard InChI is InChI=1S/C19H21ClN4O5/c20-16-10-14(24(27)28)6-7-15(16)19(26)23(11-13-4-2-1-3-5-13)12-18(25)21-17-8-9-29-22-17/h6-10,13H,1-5,11-12H2,(H,21,22,25). The van der Waals surface area contributed by atoms with Gasteiger partial charge >= 0.3 is 0 Å². The van der Waals surface area contributed by atoms with Crippen LogP contribution in [0.4, 0.5) is 11.5 Å². The number of nitrogens with zero attached hydrogens (tertiary/aromatic N) is 3. The summed E-state index contributed by atoms with van der Waals surface area (Å²) in [7, 11) is 0. The van der Waals surface area contributed by atoms with E-state index in [0.29, 0.717) is 12.5 Å². The predicted octanol–water partition coefficient (Wildman–Crippen LogP) is 3.90. The van der Waals surface area contributed by atoms with Crippen LogP contribution in [-0.2, 0) is 4.79 Å². The van der Waals surface area contributed by atoms with Gasteiger partial charge in [-0.3, -0.25) is 19.7 Å². The molecule has 0 bridgehead atoms. The van der Waals surface area contributed by atoms with E-state index in [1.807, 2.05) is 0 Å². The van der Waals surface area contributed by atoms with E-state index < -0.39 is 16.7 Å². The molecule has 2 aromatic rings. The third-order valence-electron chi connectivity index (χ3n) is 4.92. The van der Waals surface area contributed by atoms with Crippen LogP contribution in [0.1, 0.15) is 42.5 Å². The first kappa shape index (κ1) is 20.8. The Morgan fingerprint density at radius 3 is 2.66 bits per heavy atom. The van der Waals surface area contributed by atoms with Crippen molar-refractivity contribution in [3.8, 4) is 0 Å². The molecule has 0 atom stereocenters. The minimum absolute atomic E-state index is 0.0187. The third kappa shape index (κ3) is 5.54. The Morgan fingerprint density at radius 1 is 1.28 bits per heavy atom. The molecule has 0 saturated heterocycles. The van der Waals surface area contributed by atoms with Crippen LogP contribution in [0.5, 0.6) is 0 Å². The fraction of sp³-hybridized carbons (Fsp3) is 0.421. The zero-order chi connectivity index (χ0) is 20.8. The van der Waals surface area contributed by atoms with Gasteiger partial charge in [-0.2, -0.15) is 0 Å². The van der Waals surface area contributed by atoms with Crippen LogP contribution < -0.4 is 5.32 Å². The molecule has 1 saturated carbocycles. The van der Waals surface area contributed by atoms with Crippen LogP contribution in [0.2, 0.25) is 5.02 Å². The summed E-state index contributed by atoms with van der Waals surface area (Å²) < 4.78 is 4.69. The first-order valence-electron chi connectivity index (χ1n) is 9.37. The molecule has 154 valence electrons. The fourth-order valence-corrected chi connectivity index (χ4v) is 3.75. The fourth-order valence-electron chi connectivity index (χ4n) is 3.49. The van der Waals surface area contributed by atoms with Crippen molar-refractivity contribution in [2.75, 3.05) is 18.4 Å². The Morgan fingerprint density at radius 2 is 2.03 bits per heavy atom. The second-order valence-corrected chi connectivity index (χ2v) is 7.45. The summed E-state index contributed by atoms with van der Waals surface area (Å²) in [4.78, 5) is 37.3. The Bertz CT molecular complexity index is 881. The highest BCUT2D eigenvalue weighted by Gasteiger charge is 2.26. The first-order valence-corrected chi connectivity index (χ1v) is 9.75. The minimum Gasteiger partial charge on any atom is -0.363 e. The molecule has 2 amide bonds. The van der Waals surface area contributed by atoms with Crippen LogP contribution in [0, 0.1) is 16.0 Å². The van der Waals surface area contributed by atoms with Crippen LogP contribution >= 0.6 is 11.6 Å². The lowest BCUT2D eigenvalue weighted by atomic mass is 9.89. The number of carbonyl (C=O) groups excluding carboxylic acids is 2. The Labute approximate surface area is 172 Å². The molecule has 1 N–H and O–H groups in total. The molecule has 29 heavy (non-hydrogen) atoms. The van der Waals surface area contributed by atoms with Crippen LogP contribution in [0.25, 0.3) is 0 Å². The van der Waals surface area contributed by atoms with Crippen molar-refractivity contribution in [3.63, 3.8) is 0 Å². The van der Waals surface area contributed by atoms with E-state index in [2.05, 4.69) is 15.0 Å². The van der Waals surface area contributed by atoms with Gasteiger partial charge in [-0.05, 0) is 24.8 Å². The van der Waals surface area contributed by atoms with Crippen molar-refractivity contribution < 1.29 is 19.0 Å². The number of non-ortho nitro benzene ring substituents is 1. The van der Waals surface area contributed by atoms with Gasteiger partial charge in [0.1, 0.15) is 12.8 Å². The van der Waals surface area contributed by atoms with E-state index in [4.69, 9.17) is 11.6 Å². The molecule has 0 unspecified atom stereocenters. The summed E-state index contributed by atoms with van der Waals surface area (Å²) in [6, 6.07) is 5.20. The number of nitrogens with one attached hydrogen (secondary N) is 1. The number of benzene rings is 1. The summed E-state index contributed by atoms with van der Waals surface area (Å²) in [5.41, 5.74) is -0.0727. The van der Waals surface area contributed by atoms with Gasteiger partial charge in [0.05, 0.1) is 15.5 Å². The van der Waals surface area contributed by atoms with E-state index in [0.717, 1.165) is 31.7 Å². The largest absolute Gasteiger partial charge is 0.363 e. The molecule has 10 heteroatoms. The summed E-state index contributed by atoms with van der Waals surface area (Å²) >= 11 is 6.13. The quantitative estimate of drug-likeness (QED) is 0.536. The Balaban J connectivity index is 1.78. The molecular weight excluding hydrogens is 400 g/mol. The summed E-state index contributed by atoms with van der Waals surface area (Å²) in [5, 5.41) is 17.1. The molecule has 1 aliphatic carbocycles. The topological polar surface area (TPSA) is 119 Å². The van der Waals surface area contributed by atoms with E-state index in [9.17, 15) is 19.7 Å². The highest BCUT2D eigenvalue weighted by atomic mass is 35.5. The summed E-state index contributed by atoms with van der Waals surface area (Å²) in [6.45, 7) is 0.230. The maximum Gasteiger partial charge on any atom is 0.270 e. The molecule has 9 nitrogen and oxygen atoms in total. The average Bonchev–Trinajstić information content (AvgIpc) is 3.20. The van der Waals surface area contributed by atoms with Gasteiger partial charge < -0.3 is 14.7 Å². The molecular formula is C19H21ClN4O5.